The molecule has 0 nitrogen and oxygen atoms in total. The van der Waals surface area contributed by atoms with E-state index in [4.69, 9.17) is 0 Å². The summed E-state index contributed by atoms with van der Waals surface area (Å²) in [6.07, 6.45) is 22.3. The third-order valence-corrected chi connectivity index (χ3v) is 4.75. The fourth-order valence-electron chi connectivity index (χ4n) is 2.29. The Morgan fingerprint density at radius 3 is 1.74 bits per heavy atom. The van der Waals surface area contributed by atoms with Crippen molar-refractivity contribution in [1.29, 1.82) is 0 Å². The van der Waals surface area contributed by atoms with Gasteiger partial charge in [-0.2, -0.15) is 0 Å². The van der Waals surface area contributed by atoms with Gasteiger partial charge in [-0.05, 0) is 19.0 Å². The fraction of sp³-hybridized carbons (Fsp3) is 0.889. The molecule has 1 unspecified atom stereocenters. The molecule has 0 aliphatic heterocycles. The predicted octanol–water partition coefficient (Wildman–Crippen LogP) is 7.29. The van der Waals surface area contributed by atoms with Crippen LogP contribution in [0.3, 0.4) is 0 Å². The molecule has 1 heteroatoms. The molecule has 1 atom stereocenters. The summed E-state index contributed by atoms with van der Waals surface area (Å²) in [6, 6.07) is 0. The highest BCUT2D eigenvalue weighted by atomic mass is 31.1. The van der Waals surface area contributed by atoms with Crippen molar-refractivity contribution < 1.29 is 0 Å². The van der Waals surface area contributed by atoms with E-state index in [9.17, 15) is 0 Å². The highest BCUT2D eigenvalue weighted by Crippen LogP contribution is 2.17. The van der Waals surface area contributed by atoms with Crippen molar-refractivity contribution in [3.63, 3.8) is 0 Å². The molecule has 19 heavy (non-hydrogen) atoms. The summed E-state index contributed by atoms with van der Waals surface area (Å²) in [4.78, 5) is 0. The average Bonchev–Trinajstić information content (AvgIpc) is 2.43. The first-order chi connectivity index (χ1) is 9.41. The predicted molar refractivity (Wildman–Crippen MR) is 93.7 cm³/mol. The highest BCUT2D eigenvalue weighted by molar-refractivity contribution is 7.41. The van der Waals surface area contributed by atoms with Gasteiger partial charge < -0.3 is 0 Å². The Bertz CT molecular complexity index is 175. The second-order valence-electron chi connectivity index (χ2n) is 5.68. The van der Waals surface area contributed by atoms with E-state index in [1.807, 2.05) is 0 Å². The van der Waals surface area contributed by atoms with Gasteiger partial charge in [0.05, 0.1) is 0 Å². The number of unbranched alkanes of at least 4 members (excludes halogenated alkanes) is 11. The van der Waals surface area contributed by atoms with Gasteiger partial charge >= 0.3 is 0 Å². The number of hydrogen-bond acceptors (Lipinski definition) is 0. The minimum absolute atomic E-state index is 1.07. The molecule has 0 heterocycles. The van der Waals surface area contributed by atoms with Crippen molar-refractivity contribution in [2.24, 2.45) is 0 Å². The topological polar surface area (TPSA) is 0 Å². The molecule has 0 aromatic heterocycles. The zero-order chi connectivity index (χ0) is 14.0. The van der Waals surface area contributed by atoms with E-state index in [1.54, 1.807) is 0 Å². The van der Waals surface area contributed by atoms with Crippen molar-refractivity contribution >= 4 is 8.58 Å². The summed E-state index contributed by atoms with van der Waals surface area (Å²) in [5, 5.41) is 0. The Morgan fingerprint density at radius 2 is 1.16 bits per heavy atom. The number of allylic oxidation sites excluding steroid dienone is 1. The SMILES string of the molecule is CCCC/C=C/PCCCCCCCCCCCC. The summed E-state index contributed by atoms with van der Waals surface area (Å²) in [5.41, 5.74) is 0. The van der Waals surface area contributed by atoms with Crippen LogP contribution < -0.4 is 0 Å². The van der Waals surface area contributed by atoms with E-state index in [-0.39, 0.29) is 0 Å². The molecule has 0 aliphatic carbocycles. The lowest BCUT2D eigenvalue weighted by Gasteiger charge is -2.01. The van der Waals surface area contributed by atoms with Gasteiger partial charge in [0.2, 0.25) is 0 Å². The first-order valence-corrected chi connectivity index (χ1v) is 10.1. The molecular weight excluding hydrogens is 247 g/mol. The van der Waals surface area contributed by atoms with E-state index >= 15 is 0 Å². The van der Waals surface area contributed by atoms with Gasteiger partial charge in [-0.3, -0.25) is 0 Å². The molecule has 0 N–H and O–H groups in total. The zero-order valence-corrected chi connectivity index (χ0v) is 14.6. The third kappa shape index (κ3) is 18.2. The molecule has 0 aliphatic rings. The lowest BCUT2D eigenvalue weighted by Crippen LogP contribution is -1.82. The standard InChI is InChI=1S/C18H37P/c1-3-5-7-9-10-11-12-13-14-16-18-19-17-15-8-6-4-2/h15,17,19H,3-14,16,18H2,1-2H3/b17-15+. The second kappa shape index (κ2) is 18.2. The van der Waals surface area contributed by atoms with E-state index in [0.717, 1.165) is 8.58 Å². The first-order valence-electron chi connectivity index (χ1n) is 8.80. The van der Waals surface area contributed by atoms with Crippen molar-refractivity contribution in [1.82, 2.24) is 0 Å². The smallest absolute Gasteiger partial charge is 0.0319 e. The van der Waals surface area contributed by atoms with Crippen LogP contribution in [-0.4, -0.2) is 6.16 Å². The third-order valence-electron chi connectivity index (χ3n) is 3.63. The molecule has 0 saturated heterocycles. The molecule has 0 aromatic carbocycles. The summed E-state index contributed by atoms with van der Waals surface area (Å²) in [6.45, 7) is 4.56. The normalized spacial score (nSPS) is 12.1. The Hall–Kier alpha value is 0.170. The summed E-state index contributed by atoms with van der Waals surface area (Å²) in [5.74, 6) is 2.42. The van der Waals surface area contributed by atoms with Crippen LogP contribution in [0.5, 0.6) is 0 Å². The zero-order valence-electron chi connectivity index (χ0n) is 13.6. The van der Waals surface area contributed by atoms with Gasteiger partial charge in [0, 0.05) is 0 Å². The summed E-state index contributed by atoms with van der Waals surface area (Å²) >= 11 is 0. The van der Waals surface area contributed by atoms with Crippen molar-refractivity contribution in [2.75, 3.05) is 6.16 Å². The van der Waals surface area contributed by atoms with Crippen LogP contribution in [0.1, 0.15) is 97.3 Å². The van der Waals surface area contributed by atoms with Crippen molar-refractivity contribution in [3.05, 3.63) is 11.9 Å². The monoisotopic (exact) mass is 284 g/mol. The molecule has 0 spiro atoms. The van der Waals surface area contributed by atoms with Gasteiger partial charge in [0.15, 0.2) is 0 Å². The van der Waals surface area contributed by atoms with Gasteiger partial charge in [-0.15, -0.1) is 0 Å². The van der Waals surface area contributed by atoms with Gasteiger partial charge in [0.1, 0.15) is 0 Å². The van der Waals surface area contributed by atoms with Crippen LogP contribution in [0.15, 0.2) is 11.9 Å². The van der Waals surface area contributed by atoms with Gasteiger partial charge in [-0.1, -0.05) is 105 Å². The minimum atomic E-state index is 1.07. The molecule has 0 bridgehead atoms. The summed E-state index contributed by atoms with van der Waals surface area (Å²) < 4.78 is 0. The summed E-state index contributed by atoms with van der Waals surface area (Å²) in [7, 11) is 1.07. The Balaban J connectivity index is 2.97. The maximum Gasteiger partial charge on any atom is -0.0319 e. The highest BCUT2D eigenvalue weighted by Gasteiger charge is 1.92. The molecule has 0 aromatic rings. The van der Waals surface area contributed by atoms with Crippen LogP contribution in [0.25, 0.3) is 0 Å². The molecular formula is C18H37P. The largest absolute Gasteiger partial charge is 0.0987 e. The van der Waals surface area contributed by atoms with E-state index in [2.05, 4.69) is 25.7 Å². The van der Waals surface area contributed by atoms with Crippen LogP contribution in [0.2, 0.25) is 0 Å². The van der Waals surface area contributed by atoms with E-state index in [0.29, 0.717) is 0 Å². The molecule has 0 amide bonds. The van der Waals surface area contributed by atoms with Crippen LogP contribution >= 0.6 is 8.58 Å². The van der Waals surface area contributed by atoms with Gasteiger partial charge in [0.25, 0.3) is 0 Å². The maximum atomic E-state index is 2.42. The van der Waals surface area contributed by atoms with E-state index < -0.39 is 0 Å². The molecule has 114 valence electrons. The lowest BCUT2D eigenvalue weighted by atomic mass is 10.1. The Kier molecular flexibility index (Phi) is 18.3. The molecule has 0 rings (SSSR count). The molecule has 0 radical (unpaired) electrons. The maximum absolute atomic E-state index is 2.42. The van der Waals surface area contributed by atoms with E-state index in [1.165, 1.54) is 89.6 Å². The average molecular weight is 284 g/mol. The number of rotatable bonds is 15. The Morgan fingerprint density at radius 1 is 0.632 bits per heavy atom. The van der Waals surface area contributed by atoms with Gasteiger partial charge in [-0.25, -0.2) is 0 Å². The second-order valence-corrected chi connectivity index (χ2v) is 6.92. The lowest BCUT2D eigenvalue weighted by molar-refractivity contribution is 0.563. The first kappa shape index (κ1) is 19.2. The fourth-order valence-corrected chi connectivity index (χ4v) is 3.24. The molecule has 0 fully saturated rings. The van der Waals surface area contributed by atoms with Crippen LogP contribution in [0.4, 0.5) is 0 Å². The molecule has 0 saturated carbocycles. The number of hydrogen-bond donors (Lipinski definition) is 0. The van der Waals surface area contributed by atoms with Crippen molar-refractivity contribution in [3.8, 4) is 0 Å². The quantitative estimate of drug-likeness (QED) is 0.219. The minimum Gasteiger partial charge on any atom is -0.0987 e. The van der Waals surface area contributed by atoms with Crippen LogP contribution in [0, 0.1) is 0 Å². The van der Waals surface area contributed by atoms with Crippen molar-refractivity contribution in [2.45, 2.75) is 97.3 Å². The Labute approximate surface area is 124 Å². The van der Waals surface area contributed by atoms with Crippen LogP contribution in [-0.2, 0) is 0 Å².